The zero-order valence-electron chi connectivity index (χ0n) is 20.5. The van der Waals surface area contributed by atoms with E-state index in [0.29, 0.717) is 32.5 Å². The average Bonchev–Trinajstić information content (AvgIpc) is 2.81. The van der Waals surface area contributed by atoms with E-state index in [4.69, 9.17) is 14.2 Å². The van der Waals surface area contributed by atoms with E-state index in [1.807, 2.05) is 20.8 Å². The molecule has 1 N–H and O–H groups in total. The molecular weight excluding hydrogens is 426 g/mol. The topological polar surface area (TPSA) is 97.4 Å². The van der Waals surface area contributed by atoms with E-state index in [-0.39, 0.29) is 36.0 Å². The molecule has 2 aliphatic heterocycles. The van der Waals surface area contributed by atoms with Crippen LogP contribution in [0.5, 0.6) is 0 Å². The summed E-state index contributed by atoms with van der Waals surface area (Å²) in [6, 6.07) is 0. The summed E-state index contributed by atoms with van der Waals surface area (Å²) in [6.07, 6.45) is 6.40. The molecule has 2 saturated heterocycles. The van der Waals surface area contributed by atoms with Gasteiger partial charge in [-0.25, -0.2) is 4.79 Å². The maximum Gasteiger partial charge on any atom is 0.410 e. The zero-order valence-corrected chi connectivity index (χ0v) is 20.5. The van der Waals surface area contributed by atoms with Gasteiger partial charge in [0.25, 0.3) is 5.91 Å². The van der Waals surface area contributed by atoms with Crippen molar-refractivity contribution in [2.24, 2.45) is 5.92 Å². The van der Waals surface area contributed by atoms with E-state index in [9.17, 15) is 14.4 Å². The van der Waals surface area contributed by atoms with Crippen molar-refractivity contribution in [3.63, 3.8) is 0 Å². The minimum absolute atomic E-state index is 0.0177. The molecule has 2 heterocycles. The number of esters is 1. The van der Waals surface area contributed by atoms with Gasteiger partial charge in [0.05, 0.1) is 19.1 Å². The van der Waals surface area contributed by atoms with E-state index >= 15 is 0 Å². The minimum atomic E-state index is -0.543. The van der Waals surface area contributed by atoms with Crippen molar-refractivity contribution in [1.29, 1.82) is 0 Å². The van der Waals surface area contributed by atoms with Crippen molar-refractivity contribution in [1.82, 2.24) is 15.1 Å². The Morgan fingerprint density at radius 1 is 1.00 bits per heavy atom. The van der Waals surface area contributed by atoms with Crippen LogP contribution in [-0.2, 0) is 23.8 Å². The first-order chi connectivity index (χ1) is 15.7. The van der Waals surface area contributed by atoms with Gasteiger partial charge in [-0.05, 0) is 46.5 Å². The molecule has 0 spiro atoms. The first kappa shape index (κ1) is 25.7. The summed E-state index contributed by atoms with van der Waals surface area (Å²) >= 11 is 0. The summed E-state index contributed by atoms with van der Waals surface area (Å²) in [5, 5.41) is 3.02. The lowest BCUT2D eigenvalue weighted by Crippen LogP contribution is -2.59. The number of morpholine rings is 1. The predicted molar refractivity (Wildman–Crippen MR) is 123 cm³/mol. The van der Waals surface area contributed by atoms with E-state index < -0.39 is 5.60 Å². The van der Waals surface area contributed by atoms with Gasteiger partial charge < -0.3 is 24.4 Å². The van der Waals surface area contributed by atoms with E-state index in [1.165, 1.54) is 19.3 Å². The molecule has 33 heavy (non-hydrogen) atoms. The number of nitrogens with zero attached hydrogens (tertiary/aromatic N) is 2. The number of rotatable bonds is 6. The third-order valence-electron chi connectivity index (χ3n) is 6.91. The van der Waals surface area contributed by atoms with Gasteiger partial charge >= 0.3 is 12.1 Å². The largest absolute Gasteiger partial charge is 0.455 e. The molecule has 0 unspecified atom stereocenters. The van der Waals surface area contributed by atoms with Crippen LogP contribution in [0.2, 0.25) is 0 Å². The zero-order chi connectivity index (χ0) is 23.9. The van der Waals surface area contributed by atoms with Gasteiger partial charge in [-0.3, -0.25) is 14.5 Å². The number of amides is 2. The van der Waals surface area contributed by atoms with Crippen LogP contribution in [-0.4, -0.2) is 91.5 Å². The maximum atomic E-state index is 12.5. The minimum Gasteiger partial charge on any atom is -0.455 e. The van der Waals surface area contributed by atoms with Gasteiger partial charge in [-0.15, -0.1) is 0 Å². The van der Waals surface area contributed by atoms with Crippen molar-refractivity contribution >= 4 is 18.0 Å². The Morgan fingerprint density at radius 2 is 1.64 bits per heavy atom. The number of carbonyl (C=O) groups excluding carboxylic acids is 3. The number of ether oxygens (including phenoxy) is 3. The molecule has 0 aromatic rings. The molecule has 9 nitrogen and oxygen atoms in total. The summed E-state index contributed by atoms with van der Waals surface area (Å²) in [5.41, 5.74) is -0.561. The highest BCUT2D eigenvalue weighted by Gasteiger charge is 2.39. The van der Waals surface area contributed by atoms with Crippen molar-refractivity contribution in [3.05, 3.63) is 0 Å². The Labute approximate surface area is 197 Å². The van der Waals surface area contributed by atoms with Crippen LogP contribution < -0.4 is 5.32 Å². The quantitative estimate of drug-likeness (QED) is 0.599. The summed E-state index contributed by atoms with van der Waals surface area (Å²) in [6.45, 7) is 9.97. The second-order valence-electron chi connectivity index (χ2n) is 10.5. The number of nitrogens with one attached hydrogen (secondary N) is 1. The molecule has 0 atom stereocenters. The van der Waals surface area contributed by atoms with Crippen LogP contribution in [0.3, 0.4) is 0 Å². The van der Waals surface area contributed by atoms with Crippen LogP contribution >= 0.6 is 0 Å². The fourth-order valence-corrected chi connectivity index (χ4v) is 5.05. The maximum absolute atomic E-state index is 12.5. The molecule has 3 rings (SSSR count). The normalized spacial score (nSPS) is 22.5. The second-order valence-corrected chi connectivity index (χ2v) is 10.5. The summed E-state index contributed by atoms with van der Waals surface area (Å²) < 4.78 is 16.2. The highest BCUT2D eigenvalue weighted by molar-refractivity contribution is 5.81. The molecule has 0 aromatic carbocycles. The fraction of sp³-hybridized carbons (Fsp3) is 0.875. The van der Waals surface area contributed by atoms with Crippen LogP contribution in [0.1, 0.15) is 65.7 Å². The molecule has 3 aliphatic rings. The molecule has 0 bridgehead atoms. The average molecular weight is 468 g/mol. The molecule has 1 saturated carbocycles. The fourth-order valence-electron chi connectivity index (χ4n) is 5.05. The Morgan fingerprint density at radius 3 is 2.24 bits per heavy atom. The molecule has 0 aromatic heterocycles. The van der Waals surface area contributed by atoms with Crippen molar-refractivity contribution in [2.75, 3.05) is 52.5 Å². The molecular formula is C24H41N3O6. The first-order valence-corrected chi connectivity index (χ1v) is 12.4. The number of carbonyl (C=O) groups is 3. The highest BCUT2D eigenvalue weighted by atomic mass is 16.6. The Balaban J connectivity index is 1.39. The lowest BCUT2D eigenvalue weighted by Gasteiger charge is -2.48. The van der Waals surface area contributed by atoms with Crippen LogP contribution in [0.15, 0.2) is 0 Å². The number of hydrogen-bond acceptors (Lipinski definition) is 7. The van der Waals surface area contributed by atoms with Gasteiger partial charge in [0, 0.05) is 38.3 Å². The Kier molecular flexibility index (Phi) is 8.98. The molecule has 2 amide bonds. The monoisotopic (exact) mass is 467 g/mol. The van der Waals surface area contributed by atoms with Gasteiger partial charge in [-0.1, -0.05) is 19.3 Å². The van der Waals surface area contributed by atoms with Gasteiger partial charge in [0.15, 0.2) is 6.61 Å². The SMILES string of the molecule is CC(C)(C)OC(=O)N1CCC(C(=O)OCC(=O)NCC2(N3CCOCC3)CCCCC2)CC1. The van der Waals surface area contributed by atoms with Gasteiger partial charge in [0.1, 0.15) is 5.60 Å². The van der Waals surface area contributed by atoms with E-state index in [2.05, 4.69) is 10.2 Å². The van der Waals surface area contributed by atoms with Crippen molar-refractivity contribution in [3.8, 4) is 0 Å². The standard InChI is InChI=1S/C24H41N3O6/c1-23(2,3)33-22(30)26-11-7-19(8-12-26)21(29)32-17-20(28)25-18-24(9-5-4-6-10-24)27-13-15-31-16-14-27/h19H,4-18H2,1-3H3,(H,25,28). The molecule has 3 fully saturated rings. The highest BCUT2D eigenvalue weighted by Crippen LogP contribution is 2.33. The molecule has 188 valence electrons. The molecule has 0 radical (unpaired) electrons. The third-order valence-corrected chi connectivity index (χ3v) is 6.91. The van der Waals surface area contributed by atoms with Crippen molar-refractivity contribution < 1.29 is 28.6 Å². The van der Waals surface area contributed by atoms with Crippen LogP contribution in [0.25, 0.3) is 0 Å². The predicted octanol–water partition coefficient (Wildman–Crippen LogP) is 2.33. The summed E-state index contributed by atoms with van der Waals surface area (Å²) in [7, 11) is 0. The lowest BCUT2D eigenvalue weighted by molar-refractivity contribution is -0.154. The third kappa shape index (κ3) is 7.57. The first-order valence-electron chi connectivity index (χ1n) is 12.4. The van der Waals surface area contributed by atoms with Crippen LogP contribution in [0, 0.1) is 5.92 Å². The summed E-state index contributed by atoms with van der Waals surface area (Å²) in [5.74, 6) is -0.920. The van der Waals surface area contributed by atoms with Gasteiger partial charge in [-0.2, -0.15) is 0 Å². The number of piperidine rings is 1. The lowest BCUT2D eigenvalue weighted by atomic mass is 9.79. The summed E-state index contributed by atoms with van der Waals surface area (Å²) in [4.78, 5) is 41.2. The Hall–Kier alpha value is -1.87. The second kappa shape index (κ2) is 11.5. The van der Waals surface area contributed by atoms with Gasteiger partial charge in [0.2, 0.25) is 0 Å². The van der Waals surface area contributed by atoms with Crippen molar-refractivity contribution in [2.45, 2.75) is 76.9 Å². The number of hydrogen-bond donors (Lipinski definition) is 1. The Bertz CT molecular complexity index is 672. The van der Waals surface area contributed by atoms with E-state index in [0.717, 1.165) is 39.1 Å². The number of likely N-dealkylation sites (tertiary alicyclic amines) is 1. The van der Waals surface area contributed by atoms with Crippen LogP contribution in [0.4, 0.5) is 4.79 Å². The van der Waals surface area contributed by atoms with E-state index in [1.54, 1.807) is 4.90 Å². The smallest absolute Gasteiger partial charge is 0.410 e. The molecule has 9 heteroatoms. The molecule has 1 aliphatic carbocycles.